The number of nitrogens with zero attached hydrogens (tertiary/aromatic N) is 1. The molecule has 50 heavy (non-hydrogen) atoms. The van der Waals surface area contributed by atoms with E-state index in [9.17, 15) is 19.2 Å². The van der Waals surface area contributed by atoms with Gasteiger partial charge in [0.05, 0.1) is 5.52 Å². The fourth-order valence-electron chi connectivity index (χ4n) is 8.60. The highest BCUT2D eigenvalue weighted by atomic mass is 16.6. The van der Waals surface area contributed by atoms with Crippen molar-refractivity contribution < 1.29 is 28.7 Å². The molecule has 0 spiro atoms. The van der Waals surface area contributed by atoms with Crippen molar-refractivity contribution in [3.8, 4) is 0 Å². The smallest absolute Gasteiger partial charge is 0.408 e. The van der Waals surface area contributed by atoms with Gasteiger partial charge < -0.3 is 20.1 Å². The zero-order valence-electron chi connectivity index (χ0n) is 29.3. The van der Waals surface area contributed by atoms with Crippen LogP contribution in [0.25, 0.3) is 10.9 Å². The molecule has 4 N–H and O–H groups in total. The van der Waals surface area contributed by atoms with Gasteiger partial charge in [0.1, 0.15) is 23.9 Å². The molecule has 4 fully saturated rings. The Morgan fingerprint density at radius 3 is 2.20 bits per heavy atom. The van der Waals surface area contributed by atoms with E-state index in [1.807, 2.05) is 54.6 Å². The Kier molecular flexibility index (Phi) is 10.6. The number of nitrogens with one attached hydrogen (secondary N) is 4. The van der Waals surface area contributed by atoms with Crippen LogP contribution in [0.3, 0.4) is 0 Å². The highest BCUT2D eigenvalue weighted by Crippen LogP contribution is 2.61. The first kappa shape index (κ1) is 35.2. The second-order valence-electron chi connectivity index (χ2n) is 15.4. The first-order chi connectivity index (χ1) is 24.0. The van der Waals surface area contributed by atoms with E-state index in [-0.39, 0.29) is 24.1 Å². The van der Waals surface area contributed by atoms with Gasteiger partial charge >= 0.3 is 12.2 Å². The van der Waals surface area contributed by atoms with Crippen LogP contribution in [0, 0.1) is 17.8 Å². The summed E-state index contributed by atoms with van der Waals surface area (Å²) in [4.78, 5) is 56.4. The normalized spacial score (nSPS) is 22.7. The lowest BCUT2D eigenvalue weighted by Crippen LogP contribution is -2.53. The van der Waals surface area contributed by atoms with Gasteiger partial charge in [-0.1, -0.05) is 48.5 Å². The first-order valence-corrected chi connectivity index (χ1v) is 17.9. The standard InChI is InChI=1S/C39H49N5O6/c1-38(2,3)50-37(48)42-32(15-9-10-16-40-36(47)49-24-25-11-5-4-6-12-25)34(45)43-44-35(46)33-20-30(29-13-7-8-14-31(29)41-33)39-21-26-17-27(22-39)19-28(18-26)23-39/h4-8,11-14,20,26-28,32H,9-10,15-19,21-24H2,1-3H3,(H,40,47)(H,42,48)(H,43,45)(H,44,46)/t26?,27?,28?,32-,39?/m0/s1. The van der Waals surface area contributed by atoms with E-state index in [4.69, 9.17) is 14.5 Å². The van der Waals surface area contributed by atoms with E-state index >= 15 is 0 Å². The quantitative estimate of drug-likeness (QED) is 0.134. The van der Waals surface area contributed by atoms with Crippen LogP contribution >= 0.6 is 0 Å². The van der Waals surface area contributed by atoms with Crippen LogP contribution in [0.1, 0.15) is 100 Å². The Labute approximate surface area is 293 Å². The van der Waals surface area contributed by atoms with Gasteiger partial charge in [-0.3, -0.25) is 20.4 Å². The molecule has 266 valence electrons. The number of fused-ring (bicyclic) bond motifs is 1. The first-order valence-electron chi connectivity index (χ1n) is 17.9. The van der Waals surface area contributed by atoms with Gasteiger partial charge in [0.25, 0.3) is 11.8 Å². The van der Waals surface area contributed by atoms with Crippen LogP contribution in [-0.2, 0) is 26.3 Å². The molecule has 4 aliphatic carbocycles. The number of carbonyl (C=O) groups is 4. The Bertz CT molecular complexity index is 1670. The Morgan fingerprint density at radius 1 is 0.860 bits per heavy atom. The van der Waals surface area contributed by atoms with E-state index in [0.29, 0.717) is 19.4 Å². The number of para-hydroxylation sites is 1. The number of unbranched alkanes of at least 4 members (excludes halogenated alkanes) is 1. The van der Waals surface area contributed by atoms with E-state index in [1.54, 1.807) is 20.8 Å². The van der Waals surface area contributed by atoms with Gasteiger partial charge in [-0.15, -0.1) is 0 Å². The predicted molar refractivity (Wildman–Crippen MR) is 189 cm³/mol. The largest absolute Gasteiger partial charge is 0.445 e. The third kappa shape index (κ3) is 8.73. The maximum Gasteiger partial charge on any atom is 0.408 e. The molecular formula is C39H49N5O6. The minimum absolute atomic E-state index is 0.0471. The average Bonchev–Trinajstić information content (AvgIpc) is 3.07. The topological polar surface area (TPSA) is 148 Å². The summed E-state index contributed by atoms with van der Waals surface area (Å²) in [6, 6.07) is 18.3. The molecule has 0 unspecified atom stereocenters. The van der Waals surface area contributed by atoms with Crippen LogP contribution < -0.4 is 21.5 Å². The van der Waals surface area contributed by atoms with Crippen molar-refractivity contribution in [3.05, 3.63) is 77.5 Å². The lowest BCUT2D eigenvalue weighted by Gasteiger charge is -2.57. The van der Waals surface area contributed by atoms with Crippen molar-refractivity contribution in [3.63, 3.8) is 0 Å². The molecule has 1 aromatic heterocycles. The molecule has 1 atom stereocenters. The number of aromatic nitrogens is 1. The molecule has 3 aromatic rings. The number of hydrogen-bond donors (Lipinski definition) is 4. The van der Waals surface area contributed by atoms with Crippen molar-refractivity contribution in [2.45, 2.75) is 102 Å². The predicted octanol–water partition coefficient (Wildman–Crippen LogP) is 6.45. The van der Waals surface area contributed by atoms with E-state index in [1.165, 1.54) is 24.8 Å². The van der Waals surface area contributed by atoms with Gasteiger partial charge in [-0.2, -0.15) is 0 Å². The molecule has 11 nitrogen and oxygen atoms in total. The van der Waals surface area contributed by atoms with Crippen molar-refractivity contribution in [2.24, 2.45) is 17.8 Å². The summed E-state index contributed by atoms with van der Waals surface area (Å²) in [7, 11) is 0. The van der Waals surface area contributed by atoms with Crippen LogP contribution in [-0.4, -0.2) is 47.2 Å². The fraction of sp³-hybridized carbons (Fsp3) is 0.513. The second kappa shape index (κ2) is 15.1. The van der Waals surface area contributed by atoms with E-state index in [0.717, 1.165) is 53.5 Å². The van der Waals surface area contributed by atoms with E-state index in [2.05, 4.69) is 27.6 Å². The third-order valence-electron chi connectivity index (χ3n) is 10.3. The number of alkyl carbamates (subject to hydrolysis) is 2. The molecule has 0 aliphatic heterocycles. The highest BCUT2D eigenvalue weighted by molar-refractivity contribution is 5.97. The van der Waals surface area contributed by atoms with Crippen LogP contribution in [0.5, 0.6) is 0 Å². The molecule has 0 radical (unpaired) electrons. The summed E-state index contributed by atoms with van der Waals surface area (Å²) in [5, 5.41) is 6.43. The molecule has 4 bridgehead atoms. The minimum Gasteiger partial charge on any atom is -0.445 e. The second-order valence-corrected chi connectivity index (χ2v) is 15.4. The molecule has 7 rings (SSSR count). The number of hydrogen-bond acceptors (Lipinski definition) is 7. The summed E-state index contributed by atoms with van der Waals surface area (Å²) in [5.74, 6) is 1.10. The molecule has 4 saturated carbocycles. The maximum absolute atomic E-state index is 13.6. The van der Waals surface area contributed by atoms with Crippen molar-refractivity contribution in [1.29, 1.82) is 0 Å². The summed E-state index contributed by atoms with van der Waals surface area (Å²) in [6.45, 7) is 5.69. The minimum atomic E-state index is -0.998. The Morgan fingerprint density at radius 2 is 1.52 bits per heavy atom. The number of pyridine rings is 1. The van der Waals surface area contributed by atoms with Crippen molar-refractivity contribution >= 4 is 34.9 Å². The zero-order valence-corrected chi connectivity index (χ0v) is 29.3. The van der Waals surface area contributed by atoms with Gasteiger partial charge in [0.2, 0.25) is 0 Å². The summed E-state index contributed by atoms with van der Waals surface area (Å²) in [5.41, 5.74) is 7.42. The van der Waals surface area contributed by atoms with Gasteiger partial charge in [0.15, 0.2) is 0 Å². The molecule has 4 amide bonds. The van der Waals surface area contributed by atoms with Gasteiger partial charge in [-0.05, 0) is 125 Å². The van der Waals surface area contributed by atoms with E-state index < -0.39 is 35.6 Å². The number of benzene rings is 2. The molecule has 4 aliphatic rings. The molecule has 0 saturated heterocycles. The summed E-state index contributed by atoms with van der Waals surface area (Å²) < 4.78 is 10.6. The molecular weight excluding hydrogens is 634 g/mol. The number of rotatable bonds is 11. The lowest BCUT2D eigenvalue weighted by molar-refractivity contribution is -0.124. The molecule has 2 aromatic carbocycles. The van der Waals surface area contributed by atoms with Crippen molar-refractivity contribution in [2.75, 3.05) is 6.54 Å². The summed E-state index contributed by atoms with van der Waals surface area (Å²) >= 11 is 0. The zero-order chi connectivity index (χ0) is 35.3. The van der Waals surface area contributed by atoms with Gasteiger partial charge in [-0.25, -0.2) is 14.6 Å². The SMILES string of the molecule is CC(C)(C)OC(=O)N[C@@H](CCCCNC(=O)OCc1ccccc1)C(=O)NNC(=O)c1cc(C23CC4CC(CC(C4)C2)C3)c2ccccc2n1. The van der Waals surface area contributed by atoms with Crippen LogP contribution in [0.4, 0.5) is 9.59 Å². The molecule has 11 heteroatoms. The Balaban J connectivity index is 1.07. The van der Waals surface area contributed by atoms with Crippen molar-refractivity contribution in [1.82, 2.24) is 26.5 Å². The lowest BCUT2D eigenvalue weighted by atomic mass is 9.48. The maximum atomic E-state index is 13.6. The number of amides is 4. The monoisotopic (exact) mass is 683 g/mol. The van der Waals surface area contributed by atoms with Gasteiger partial charge in [0, 0.05) is 11.9 Å². The summed E-state index contributed by atoms with van der Waals surface area (Å²) in [6.07, 6.45) is 7.37. The number of carbonyl (C=O) groups excluding carboxylic acids is 4. The number of ether oxygens (including phenoxy) is 2. The van der Waals surface area contributed by atoms with Crippen LogP contribution in [0.15, 0.2) is 60.7 Å². The van der Waals surface area contributed by atoms with Crippen LogP contribution in [0.2, 0.25) is 0 Å². The highest BCUT2D eigenvalue weighted by Gasteiger charge is 2.52. The Hall–Kier alpha value is -4.67. The average molecular weight is 684 g/mol. The molecule has 1 heterocycles. The third-order valence-corrected chi connectivity index (χ3v) is 10.3. The fourth-order valence-corrected chi connectivity index (χ4v) is 8.60. The number of hydrazine groups is 1.